The summed E-state index contributed by atoms with van der Waals surface area (Å²) in [5, 5.41) is 0. The Morgan fingerprint density at radius 2 is 2.09 bits per heavy atom. The maximum absolute atomic E-state index is 12.6. The van der Waals surface area contributed by atoms with Crippen LogP contribution in [0.15, 0.2) is 18.2 Å². The van der Waals surface area contributed by atoms with Crippen LogP contribution in [0.25, 0.3) is 0 Å². The van der Waals surface area contributed by atoms with E-state index in [0.717, 1.165) is 36.4 Å². The second kappa shape index (κ2) is 5.75. The van der Waals surface area contributed by atoms with Gasteiger partial charge in [-0.3, -0.25) is 4.79 Å². The van der Waals surface area contributed by atoms with Gasteiger partial charge in [0.25, 0.3) is 0 Å². The molecule has 7 nitrogen and oxygen atoms in total. The number of hydrazine groups is 2. The topological polar surface area (TPSA) is 74.9 Å². The Morgan fingerprint density at radius 3 is 2.91 bits per heavy atom. The van der Waals surface area contributed by atoms with Gasteiger partial charge in [-0.1, -0.05) is 6.07 Å². The molecule has 2 unspecified atom stereocenters. The molecule has 1 amide bonds. The van der Waals surface area contributed by atoms with Crippen molar-refractivity contribution in [2.45, 2.75) is 24.9 Å². The molecule has 3 aliphatic rings. The predicted octanol–water partition coefficient (Wildman–Crippen LogP) is 0.102. The summed E-state index contributed by atoms with van der Waals surface area (Å²) in [6.07, 6.45) is 2.01. The average molecular weight is 304 g/mol. The van der Waals surface area contributed by atoms with Gasteiger partial charge in [-0.15, -0.1) is 0 Å². The molecule has 1 aromatic carbocycles. The summed E-state index contributed by atoms with van der Waals surface area (Å²) >= 11 is 0. The standard InChI is InChI=1S/C15H20N4O3/c20-15(11-9-16-18-17-11)19-5-1-2-12(19)10-3-4-13-14(8-10)22-7-6-21-13/h3-4,8,11-12,16-18H,1-2,5-7,9H2. The molecule has 7 heteroatoms. The summed E-state index contributed by atoms with van der Waals surface area (Å²) in [5.74, 6) is 1.71. The minimum Gasteiger partial charge on any atom is -0.486 e. The van der Waals surface area contributed by atoms with E-state index in [1.54, 1.807) is 0 Å². The van der Waals surface area contributed by atoms with Crippen LogP contribution in [0.5, 0.6) is 11.5 Å². The van der Waals surface area contributed by atoms with Crippen molar-refractivity contribution in [2.75, 3.05) is 26.3 Å². The molecule has 3 heterocycles. The number of nitrogens with zero attached hydrogens (tertiary/aromatic N) is 1. The number of hydrogen-bond donors (Lipinski definition) is 3. The predicted molar refractivity (Wildman–Crippen MR) is 79.2 cm³/mol. The van der Waals surface area contributed by atoms with Crippen LogP contribution in [0.2, 0.25) is 0 Å². The first-order chi connectivity index (χ1) is 10.8. The third-order valence-corrected chi connectivity index (χ3v) is 4.43. The molecular formula is C15H20N4O3. The third-order valence-electron chi connectivity index (χ3n) is 4.43. The first-order valence-corrected chi connectivity index (χ1v) is 7.76. The van der Waals surface area contributed by atoms with E-state index in [1.165, 1.54) is 0 Å². The van der Waals surface area contributed by atoms with Crippen molar-refractivity contribution < 1.29 is 14.3 Å². The Bertz CT molecular complexity index is 574. The lowest BCUT2D eigenvalue weighted by Crippen LogP contribution is -2.46. The fourth-order valence-corrected chi connectivity index (χ4v) is 3.34. The smallest absolute Gasteiger partial charge is 0.243 e. The third kappa shape index (κ3) is 2.41. The van der Waals surface area contributed by atoms with Gasteiger partial charge in [-0.25, -0.2) is 10.9 Å². The molecule has 1 aromatic rings. The van der Waals surface area contributed by atoms with Gasteiger partial charge in [-0.2, -0.15) is 5.53 Å². The van der Waals surface area contributed by atoms with Gasteiger partial charge in [0.2, 0.25) is 5.91 Å². The number of benzene rings is 1. The van der Waals surface area contributed by atoms with Gasteiger partial charge in [0.1, 0.15) is 19.3 Å². The van der Waals surface area contributed by atoms with Crippen LogP contribution in [0.4, 0.5) is 0 Å². The maximum atomic E-state index is 12.6. The van der Waals surface area contributed by atoms with Crippen molar-refractivity contribution >= 4 is 5.91 Å². The van der Waals surface area contributed by atoms with Gasteiger partial charge < -0.3 is 14.4 Å². The Labute approximate surface area is 128 Å². The molecule has 4 rings (SSSR count). The molecule has 0 aromatic heterocycles. The average Bonchev–Trinajstić information content (AvgIpc) is 3.25. The molecule has 2 fully saturated rings. The number of ether oxygens (including phenoxy) is 2. The van der Waals surface area contributed by atoms with Crippen molar-refractivity contribution in [1.29, 1.82) is 0 Å². The summed E-state index contributed by atoms with van der Waals surface area (Å²) in [6, 6.07) is 5.91. The molecule has 0 bridgehead atoms. The van der Waals surface area contributed by atoms with Crippen molar-refractivity contribution in [3.05, 3.63) is 23.8 Å². The molecule has 2 saturated heterocycles. The molecule has 0 radical (unpaired) electrons. The van der Waals surface area contributed by atoms with Crippen LogP contribution >= 0.6 is 0 Å². The van der Waals surface area contributed by atoms with Crippen LogP contribution < -0.4 is 25.9 Å². The molecule has 3 aliphatic heterocycles. The number of rotatable bonds is 2. The first-order valence-electron chi connectivity index (χ1n) is 7.76. The maximum Gasteiger partial charge on any atom is 0.243 e. The highest BCUT2D eigenvalue weighted by atomic mass is 16.6. The summed E-state index contributed by atoms with van der Waals surface area (Å²) in [6.45, 7) is 2.57. The Hall–Kier alpha value is -1.83. The van der Waals surface area contributed by atoms with E-state index in [4.69, 9.17) is 9.47 Å². The van der Waals surface area contributed by atoms with Crippen LogP contribution in [-0.2, 0) is 4.79 Å². The van der Waals surface area contributed by atoms with Crippen LogP contribution in [0.3, 0.4) is 0 Å². The van der Waals surface area contributed by atoms with E-state index in [-0.39, 0.29) is 18.0 Å². The SMILES string of the molecule is O=C(C1CNNN1)N1CCCC1c1ccc2c(c1)OCCO2. The molecule has 2 atom stereocenters. The lowest BCUT2D eigenvalue weighted by atomic mass is 10.0. The number of fused-ring (bicyclic) bond motifs is 1. The molecule has 0 spiro atoms. The summed E-state index contributed by atoms with van der Waals surface area (Å²) < 4.78 is 11.2. The zero-order valence-corrected chi connectivity index (χ0v) is 12.3. The number of hydrogen-bond acceptors (Lipinski definition) is 6. The number of amides is 1. The van der Waals surface area contributed by atoms with Crippen LogP contribution in [0.1, 0.15) is 24.4 Å². The lowest BCUT2D eigenvalue weighted by Gasteiger charge is -2.28. The second-order valence-corrected chi connectivity index (χ2v) is 5.80. The minimum atomic E-state index is -0.210. The largest absolute Gasteiger partial charge is 0.486 e. The van der Waals surface area contributed by atoms with E-state index in [1.807, 2.05) is 23.1 Å². The number of likely N-dealkylation sites (tertiary alicyclic amines) is 1. The molecule has 0 aliphatic carbocycles. The number of carbonyl (C=O) groups excluding carboxylic acids is 1. The number of carbonyl (C=O) groups is 1. The van der Waals surface area contributed by atoms with Gasteiger partial charge in [0.15, 0.2) is 11.5 Å². The van der Waals surface area contributed by atoms with Crippen LogP contribution in [-0.4, -0.2) is 43.2 Å². The first kappa shape index (κ1) is 13.8. The van der Waals surface area contributed by atoms with E-state index >= 15 is 0 Å². The van der Waals surface area contributed by atoms with E-state index in [2.05, 4.69) is 16.4 Å². The number of nitrogens with one attached hydrogen (secondary N) is 3. The quantitative estimate of drug-likeness (QED) is 0.720. The molecule has 22 heavy (non-hydrogen) atoms. The van der Waals surface area contributed by atoms with E-state index in [0.29, 0.717) is 19.8 Å². The highest BCUT2D eigenvalue weighted by molar-refractivity contribution is 5.83. The van der Waals surface area contributed by atoms with Gasteiger partial charge in [-0.05, 0) is 30.5 Å². The van der Waals surface area contributed by atoms with Crippen LogP contribution in [0, 0.1) is 0 Å². The summed E-state index contributed by atoms with van der Waals surface area (Å²) in [5.41, 5.74) is 9.79. The van der Waals surface area contributed by atoms with Crippen molar-refractivity contribution in [3.8, 4) is 11.5 Å². The highest BCUT2D eigenvalue weighted by Crippen LogP contribution is 2.38. The molecule has 118 valence electrons. The lowest BCUT2D eigenvalue weighted by molar-refractivity contribution is -0.133. The molecule has 3 N–H and O–H groups in total. The fraction of sp³-hybridized carbons (Fsp3) is 0.533. The van der Waals surface area contributed by atoms with Gasteiger partial charge in [0, 0.05) is 13.1 Å². The van der Waals surface area contributed by atoms with Crippen molar-refractivity contribution in [2.24, 2.45) is 0 Å². The monoisotopic (exact) mass is 304 g/mol. The Kier molecular flexibility index (Phi) is 3.61. The summed E-state index contributed by atoms with van der Waals surface area (Å²) in [4.78, 5) is 14.6. The normalized spacial score (nSPS) is 27.2. The zero-order chi connectivity index (χ0) is 14.9. The van der Waals surface area contributed by atoms with E-state index < -0.39 is 0 Å². The molecule has 0 saturated carbocycles. The molecular weight excluding hydrogens is 284 g/mol. The van der Waals surface area contributed by atoms with Gasteiger partial charge in [0.05, 0.1) is 6.04 Å². The fourth-order valence-electron chi connectivity index (χ4n) is 3.34. The minimum absolute atomic E-state index is 0.116. The zero-order valence-electron chi connectivity index (χ0n) is 12.3. The van der Waals surface area contributed by atoms with Crippen molar-refractivity contribution in [1.82, 2.24) is 21.3 Å². The Morgan fingerprint density at radius 1 is 1.23 bits per heavy atom. The van der Waals surface area contributed by atoms with Gasteiger partial charge >= 0.3 is 0 Å². The van der Waals surface area contributed by atoms with E-state index in [9.17, 15) is 4.79 Å². The second-order valence-electron chi connectivity index (χ2n) is 5.80. The Balaban J connectivity index is 1.56. The summed E-state index contributed by atoms with van der Waals surface area (Å²) in [7, 11) is 0. The van der Waals surface area contributed by atoms with Crippen molar-refractivity contribution in [3.63, 3.8) is 0 Å². The highest BCUT2D eigenvalue weighted by Gasteiger charge is 2.35.